The monoisotopic (exact) mass is 186 g/mol. The Bertz CT molecular complexity index is 283. The number of rotatable bonds is 1. The van der Waals surface area contributed by atoms with E-state index in [1.54, 1.807) is 14.1 Å². The van der Waals surface area contributed by atoms with Crippen molar-refractivity contribution in [3.63, 3.8) is 0 Å². The van der Waals surface area contributed by atoms with E-state index < -0.39 is 0 Å². The van der Waals surface area contributed by atoms with Crippen LogP contribution in [-0.2, 0) is 0 Å². The predicted molar refractivity (Wildman–Crippen MR) is 47.4 cm³/mol. The molecule has 1 aromatic heterocycles. The van der Waals surface area contributed by atoms with Gasteiger partial charge in [-0.2, -0.15) is 0 Å². The summed E-state index contributed by atoms with van der Waals surface area (Å²) < 4.78 is 0. The number of hydrogen-bond acceptors (Lipinski definition) is 4. The molecule has 0 aliphatic heterocycles. The van der Waals surface area contributed by atoms with E-state index >= 15 is 0 Å². The van der Waals surface area contributed by atoms with Gasteiger partial charge in [0.05, 0.1) is 0 Å². The van der Waals surface area contributed by atoms with Gasteiger partial charge in [0.25, 0.3) is 0 Å². The van der Waals surface area contributed by atoms with Gasteiger partial charge in [0.1, 0.15) is 5.01 Å². The van der Waals surface area contributed by atoms with Crippen LogP contribution in [-0.4, -0.2) is 35.2 Å². The summed E-state index contributed by atoms with van der Waals surface area (Å²) in [7, 11) is 3.34. The van der Waals surface area contributed by atoms with Crippen LogP contribution in [0.5, 0.6) is 0 Å². The highest BCUT2D eigenvalue weighted by Gasteiger charge is 2.06. The fraction of sp³-hybridized carbons (Fsp3) is 0.500. The minimum Gasteiger partial charge on any atom is -0.331 e. The third-order valence-electron chi connectivity index (χ3n) is 1.15. The van der Waals surface area contributed by atoms with Crippen LogP contribution in [0, 0.1) is 6.92 Å². The highest BCUT2D eigenvalue weighted by atomic mass is 32.1. The van der Waals surface area contributed by atoms with Crippen LogP contribution in [0.3, 0.4) is 0 Å². The van der Waals surface area contributed by atoms with Crippen molar-refractivity contribution < 1.29 is 4.79 Å². The normalized spacial score (nSPS) is 9.58. The molecule has 0 atom stereocenters. The van der Waals surface area contributed by atoms with E-state index in [0.717, 1.165) is 5.01 Å². The van der Waals surface area contributed by atoms with Crippen LogP contribution in [0.15, 0.2) is 0 Å². The van der Waals surface area contributed by atoms with Gasteiger partial charge in [-0.15, -0.1) is 10.2 Å². The molecule has 0 aliphatic rings. The third-order valence-corrected chi connectivity index (χ3v) is 1.90. The first-order valence-corrected chi connectivity index (χ1v) is 4.19. The predicted octanol–water partition coefficient (Wildman–Crippen LogP) is 0.940. The van der Waals surface area contributed by atoms with E-state index in [1.807, 2.05) is 6.92 Å². The molecule has 0 aliphatic carbocycles. The number of nitrogens with zero attached hydrogens (tertiary/aromatic N) is 3. The molecule has 5 nitrogen and oxygen atoms in total. The number of urea groups is 1. The average Bonchev–Trinajstić information content (AvgIpc) is 2.35. The van der Waals surface area contributed by atoms with Crippen molar-refractivity contribution in [1.29, 1.82) is 0 Å². The first kappa shape index (κ1) is 8.92. The number of carbonyl (C=O) groups is 1. The Labute approximate surface area is 74.4 Å². The highest BCUT2D eigenvalue weighted by Crippen LogP contribution is 2.13. The van der Waals surface area contributed by atoms with Gasteiger partial charge in [-0.05, 0) is 6.92 Å². The van der Waals surface area contributed by atoms with Crippen molar-refractivity contribution in [3.8, 4) is 0 Å². The van der Waals surface area contributed by atoms with Gasteiger partial charge in [0, 0.05) is 14.1 Å². The van der Waals surface area contributed by atoms with Gasteiger partial charge >= 0.3 is 6.03 Å². The van der Waals surface area contributed by atoms with E-state index in [4.69, 9.17) is 0 Å². The molecule has 0 radical (unpaired) electrons. The Kier molecular flexibility index (Phi) is 2.59. The Balaban J connectivity index is 2.58. The molecule has 0 spiro atoms. The number of amides is 2. The van der Waals surface area contributed by atoms with Crippen molar-refractivity contribution in [2.45, 2.75) is 6.92 Å². The van der Waals surface area contributed by atoms with Crippen LogP contribution < -0.4 is 5.32 Å². The molecule has 0 aromatic carbocycles. The molecule has 0 unspecified atom stereocenters. The molecule has 1 aromatic rings. The summed E-state index contributed by atoms with van der Waals surface area (Å²) in [6, 6.07) is -0.189. The summed E-state index contributed by atoms with van der Waals surface area (Å²) in [4.78, 5) is 12.5. The molecule has 0 saturated heterocycles. The van der Waals surface area contributed by atoms with Crippen LogP contribution in [0.25, 0.3) is 0 Å². The second kappa shape index (κ2) is 3.48. The Hall–Kier alpha value is -1.17. The van der Waals surface area contributed by atoms with E-state index in [9.17, 15) is 4.79 Å². The second-order valence-corrected chi connectivity index (χ2v) is 3.63. The molecule has 1 N–H and O–H groups in total. The second-order valence-electron chi connectivity index (χ2n) is 2.45. The number of carbonyl (C=O) groups excluding carboxylic acids is 1. The summed E-state index contributed by atoms with van der Waals surface area (Å²) in [6.45, 7) is 1.84. The highest BCUT2D eigenvalue weighted by molar-refractivity contribution is 7.15. The quantitative estimate of drug-likeness (QED) is 0.710. The average molecular weight is 186 g/mol. The first-order valence-electron chi connectivity index (χ1n) is 3.38. The minimum atomic E-state index is -0.189. The van der Waals surface area contributed by atoms with Crippen molar-refractivity contribution >= 4 is 22.5 Å². The molecule has 0 fully saturated rings. The molecule has 6 heteroatoms. The Morgan fingerprint density at radius 2 is 2.17 bits per heavy atom. The van der Waals surface area contributed by atoms with Crippen molar-refractivity contribution in [2.75, 3.05) is 19.4 Å². The van der Waals surface area contributed by atoms with Crippen molar-refractivity contribution in [1.82, 2.24) is 15.1 Å². The van der Waals surface area contributed by atoms with Gasteiger partial charge < -0.3 is 4.90 Å². The SMILES string of the molecule is Cc1nnc(NC(=O)N(C)C)s1. The molecule has 0 bridgehead atoms. The molecule has 66 valence electrons. The summed E-state index contributed by atoms with van der Waals surface area (Å²) in [5, 5.41) is 11.5. The summed E-state index contributed by atoms with van der Waals surface area (Å²) in [5.74, 6) is 0. The molecule has 12 heavy (non-hydrogen) atoms. The number of aryl methyl sites for hydroxylation is 1. The van der Waals surface area contributed by atoms with E-state index in [-0.39, 0.29) is 6.03 Å². The lowest BCUT2D eigenvalue weighted by Gasteiger charge is -2.08. The fourth-order valence-electron chi connectivity index (χ4n) is 0.550. The Morgan fingerprint density at radius 1 is 1.50 bits per heavy atom. The van der Waals surface area contributed by atoms with Crippen LogP contribution in [0.2, 0.25) is 0 Å². The Morgan fingerprint density at radius 3 is 2.58 bits per heavy atom. The van der Waals surface area contributed by atoms with E-state index in [2.05, 4.69) is 15.5 Å². The zero-order chi connectivity index (χ0) is 9.14. The van der Waals surface area contributed by atoms with E-state index in [0.29, 0.717) is 5.13 Å². The van der Waals surface area contributed by atoms with Gasteiger partial charge in [-0.3, -0.25) is 5.32 Å². The van der Waals surface area contributed by atoms with Crippen LogP contribution in [0.4, 0.5) is 9.93 Å². The van der Waals surface area contributed by atoms with Crippen molar-refractivity contribution in [3.05, 3.63) is 5.01 Å². The van der Waals surface area contributed by atoms with E-state index in [1.165, 1.54) is 16.2 Å². The van der Waals surface area contributed by atoms with Crippen LogP contribution >= 0.6 is 11.3 Å². The van der Waals surface area contributed by atoms with Gasteiger partial charge in [0.15, 0.2) is 0 Å². The third kappa shape index (κ3) is 2.16. The zero-order valence-electron chi connectivity index (χ0n) is 7.16. The lowest BCUT2D eigenvalue weighted by molar-refractivity contribution is 0.230. The zero-order valence-corrected chi connectivity index (χ0v) is 7.97. The maximum absolute atomic E-state index is 11.1. The number of aromatic nitrogens is 2. The van der Waals surface area contributed by atoms with Crippen LogP contribution in [0.1, 0.15) is 5.01 Å². The molecule has 1 heterocycles. The first-order chi connectivity index (χ1) is 5.59. The maximum atomic E-state index is 11.1. The van der Waals surface area contributed by atoms with Gasteiger partial charge in [0.2, 0.25) is 5.13 Å². The minimum absolute atomic E-state index is 0.189. The topological polar surface area (TPSA) is 58.1 Å². The van der Waals surface area contributed by atoms with Gasteiger partial charge in [-0.25, -0.2) is 4.79 Å². The van der Waals surface area contributed by atoms with Crippen molar-refractivity contribution in [2.24, 2.45) is 0 Å². The lowest BCUT2D eigenvalue weighted by atomic mass is 10.8. The summed E-state index contributed by atoms with van der Waals surface area (Å²) in [5.41, 5.74) is 0. The largest absolute Gasteiger partial charge is 0.331 e. The molecule has 2 amide bonds. The molecule has 1 rings (SSSR count). The fourth-order valence-corrected chi connectivity index (χ4v) is 1.13. The molecule has 0 saturated carbocycles. The number of nitrogens with one attached hydrogen (secondary N) is 1. The summed E-state index contributed by atoms with van der Waals surface area (Å²) >= 11 is 1.35. The lowest BCUT2D eigenvalue weighted by Crippen LogP contribution is -2.27. The molecular weight excluding hydrogens is 176 g/mol. The standard InChI is InChI=1S/C6H10N4OS/c1-4-8-9-5(12-4)7-6(11)10(2)3/h1-3H3,(H,7,9,11). The number of hydrogen-bond donors (Lipinski definition) is 1. The maximum Gasteiger partial charge on any atom is 0.323 e. The smallest absolute Gasteiger partial charge is 0.323 e. The van der Waals surface area contributed by atoms with Gasteiger partial charge in [-0.1, -0.05) is 11.3 Å². The molecular formula is C6H10N4OS. The number of anilines is 1. The summed E-state index contributed by atoms with van der Waals surface area (Å²) in [6.07, 6.45) is 0.